The second-order valence-corrected chi connectivity index (χ2v) is 5.24. The lowest BCUT2D eigenvalue weighted by atomic mass is 10.2. The topological polar surface area (TPSA) is 72.8 Å². The zero-order valence-electron chi connectivity index (χ0n) is 9.87. The molecule has 18 heavy (non-hydrogen) atoms. The highest BCUT2D eigenvalue weighted by Gasteiger charge is 2.27. The highest BCUT2D eigenvalue weighted by molar-refractivity contribution is 7.97. The third-order valence-electron chi connectivity index (χ3n) is 2.80. The zero-order valence-corrected chi connectivity index (χ0v) is 10.7. The normalized spacial score (nSPS) is 21.4. The van der Waals surface area contributed by atoms with Crippen LogP contribution >= 0.6 is 11.9 Å². The van der Waals surface area contributed by atoms with Crippen molar-refractivity contribution in [1.82, 2.24) is 9.62 Å². The molecule has 0 saturated carbocycles. The molecule has 5 nitrogen and oxygen atoms in total. The third kappa shape index (κ3) is 3.38. The van der Waals surface area contributed by atoms with Crippen molar-refractivity contribution in [3.63, 3.8) is 0 Å². The maximum absolute atomic E-state index is 11.2. The van der Waals surface area contributed by atoms with E-state index in [2.05, 4.69) is 5.32 Å². The minimum atomic E-state index is -0.787. The van der Waals surface area contributed by atoms with E-state index < -0.39 is 12.0 Å². The Labute approximate surface area is 110 Å². The number of carboxylic acid groups (broad SMARTS) is 1. The number of hydrogen-bond donors (Lipinski definition) is 3. The molecular formula is C12H16N2O3S. The number of phenols is 1. The summed E-state index contributed by atoms with van der Waals surface area (Å²) in [7, 11) is 0. The molecule has 1 aliphatic heterocycles. The molecule has 3 N–H and O–H groups in total. The summed E-state index contributed by atoms with van der Waals surface area (Å²) in [4.78, 5) is 12.2. The van der Waals surface area contributed by atoms with E-state index in [0.29, 0.717) is 13.0 Å². The Hall–Kier alpha value is -1.24. The summed E-state index contributed by atoms with van der Waals surface area (Å²) in [6.07, 6.45) is 0.598. The Balaban J connectivity index is 2.08. The Morgan fingerprint density at radius 3 is 2.72 bits per heavy atom. The van der Waals surface area contributed by atoms with Gasteiger partial charge < -0.3 is 15.5 Å². The van der Waals surface area contributed by atoms with Crippen LogP contribution in [0.1, 0.15) is 6.42 Å². The lowest BCUT2D eigenvalue weighted by Gasteiger charge is -2.24. The van der Waals surface area contributed by atoms with Crippen molar-refractivity contribution in [1.29, 1.82) is 0 Å². The van der Waals surface area contributed by atoms with Gasteiger partial charge in [-0.2, -0.15) is 0 Å². The van der Waals surface area contributed by atoms with Gasteiger partial charge in [0.15, 0.2) is 0 Å². The van der Waals surface area contributed by atoms with Crippen molar-refractivity contribution in [3.8, 4) is 5.75 Å². The SMILES string of the molecule is O=C(O)C1CCNCCN1Sc1ccc(O)cc1. The lowest BCUT2D eigenvalue weighted by molar-refractivity contribution is -0.141. The van der Waals surface area contributed by atoms with Crippen LogP contribution in [-0.2, 0) is 4.79 Å². The molecule has 2 rings (SSSR count). The molecule has 0 aliphatic carbocycles. The zero-order chi connectivity index (χ0) is 13.0. The molecule has 1 unspecified atom stereocenters. The average Bonchev–Trinajstić information content (AvgIpc) is 2.57. The largest absolute Gasteiger partial charge is 0.508 e. The summed E-state index contributed by atoms with van der Waals surface area (Å²) in [6, 6.07) is 6.32. The molecule has 98 valence electrons. The van der Waals surface area contributed by atoms with E-state index in [1.807, 2.05) is 4.31 Å². The van der Waals surface area contributed by atoms with Crippen LogP contribution in [0.5, 0.6) is 5.75 Å². The summed E-state index contributed by atoms with van der Waals surface area (Å²) in [5.74, 6) is -0.573. The van der Waals surface area contributed by atoms with Crippen molar-refractivity contribution in [3.05, 3.63) is 24.3 Å². The number of carbonyl (C=O) groups is 1. The molecule has 1 fully saturated rings. The van der Waals surface area contributed by atoms with Gasteiger partial charge in [0.25, 0.3) is 0 Å². The van der Waals surface area contributed by atoms with Gasteiger partial charge in [-0.05, 0) is 49.2 Å². The Bertz CT molecular complexity index is 410. The molecule has 1 heterocycles. The van der Waals surface area contributed by atoms with E-state index in [9.17, 15) is 15.0 Å². The average molecular weight is 268 g/mol. The number of phenolic OH excluding ortho intramolecular Hbond substituents is 1. The number of hydrogen-bond acceptors (Lipinski definition) is 5. The van der Waals surface area contributed by atoms with E-state index in [1.165, 1.54) is 11.9 Å². The van der Waals surface area contributed by atoms with Crippen molar-refractivity contribution >= 4 is 17.9 Å². The van der Waals surface area contributed by atoms with Crippen molar-refractivity contribution in [2.45, 2.75) is 17.4 Å². The molecule has 0 bridgehead atoms. The molecule has 1 aliphatic rings. The Morgan fingerprint density at radius 2 is 2.06 bits per heavy atom. The molecular weight excluding hydrogens is 252 g/mol. The van der Waals surface area contributed by atoms with Crippen LogP contribution in [-0.4, -0.2) is 46.2 Å². The van der Waals surface area contributed by atoms with E-state index >= 15 is 0 Å². The van der Waals surface area contributed by atoms with Gasteiger partial charge in [-0.25, -0.2) is 4.31 Å². The van der Waals surface area contributed by atoms with Gasteiger partial charge in [0.2, 0.25) is 0 Å². The van der Waals surface area contributed by atoms with Gasteiger partial charge in [0, 0.05) is 18.0 Å². The molecule has 6 heteroatoms. The van der Waals surface area contributed by atoms with Crippen molar-refractivity contribution < 1.29 is 15.0 Å². The minimum Gasteiger partial charge on any atom is -0.508 e. The Morgan fingerprint density at radius 1 is 1.33 bits per heavy atom. The van der Waals surface area contributed by atoms with Gasteiger partial charge in [0.1, 0.15) is 11.8 Å². The molecule has 0 radical (unpaired) electrons. The number of nitrogens with zero attached hydrogens (tertiary/aromatic N) is 1. The highest BCUT2D eigenvalue weighted by atomic mass is 32.2. The fraction of sp³-hybridized carbons (Fsp3) is 0.417. The molecule has 1 aromatic rings. The van der Waals surface area contributed by atoms with Crippen LogP contribution in [0.15, 0.2) is 29.2 Å². The van der Waals surface area contributed by atoms with Crippen molar-refractivity contribution in [2.24, 2.45) is 0 Å². The monoisotopic (exact) mass is 268 g/mol. The van der Waals surface area contributed by atoms with Crippen molar-refractivity contribution in [2.75, 3.05) is 19.6 Å². The third-order valence-corrected chi connectivity index (χ3v) is 3.95. The fourth-order valence-electron chi connectivity index (χ4n) is 1.85. The van der Waals surface area contributed by atoms with Crippen LogP contribution in [0.2, 0.25) is 0 Å². The maximum Gasteiger partial charge on any atom is 0.321 e. The Kier molecular flexibility index (Phi) is 4.46. The molecule has 1 saturated heterocycles. The number of benzene rings is 1. The fourth-order valence-corrected chi connectivity index (χ4v) is 2.89. The van der Waals surface area contributed by atoms with E-state index in [-0.39, 0.29) is 5.75 Å². The maximum atomic E-state index is 11.2. The van der Waals surface area contributed by atoms with Gasteiger partial charge >= 0.3 is 5.97 Å². The molecule has 1 aromatic carbocycles. The first-order chi connectivity index (χ1) is 8.66. The summed E-state index contributed by atoms with van der Waals surface area (Å²) in [5.41, 5.74) is 0. The summed E-state index contributed by atoms with van der Waals surface area (Å²) < 4.78 is 1.88. The first-order valence-corrected chi connectivity index (χ1v) is 6.61. The van der Waals surface area contributed by atoms with Crippen LogP contribution < -0.4 is 5.32 Å². The summed E-state index contributed by atoms with van der Waals surface area (Å²) in [6.45, 7) is 2.20. The van der Waals surface area contributed by atoms with Crippen LogP contribution in [0.25, 0.3) is 0 Å². The number of nitrogens with one attached hydrogen (secondary N) is 1. The highest BCUT2D eigenvalue weighted by Crippen LogP contribution is 2.27. The van der Waals surface area contributed by atoms with Crippen LogP contribution in [0.3, 0.4) is 0 Å². The standard InChI is InChI=1S/C12H16N2O3S/c15-9-1-3-10(4-2-9)18-14-8-7-13-6-5-11(14)12(16)17/h1-4,11,13,15H,5-8H2,(H,16,17). The minimum absolute atomic E-state index is 0.215. The van der Waals surface area contributed by atoms with Gasteiger partial charge in [-0.3, -0.25) is 4.79 Å². The number of aromatic hydroxyl groups is 1. The second kappa shape index (κ2) is 6.08. The molecule has 1 atom stereocenters. The predicted octanol–water partition coefficient (Wildman–Crippen LogP) is 1.15. The second-order valence-electron chi connectivity index (χ2n) is 4.12. The van der Waals surface area contributed by atoms with E-state index in [4.69, 9.17) is 0 Å². The summed E-state index contributed by atoms with van der Waals surface area (Å²) in [5, 5.41) is 21.7. The number of aliphatic carboxylic acids is 1. The number of rotatable bonds is 3. The van der Waals surface area contributed by atoms with Gasteiger partial charge in [-0.15, -0.1) is 0 Å². The smallest absolute Gasteiger partial charge is 0.321 e. The van der Waals surface area contributed by atoms with Crippen LogP contribution in [0.4, 0.5) is 0 Å². The molecule has 0 spiro atoms. The van der Waals surface area contributed by atoms with Crippen LogP contribution in [0, 0.1) is 0 Å². The first-order valence-electron chi connectivity index (χ1n) is 5.84. The first kappa shape index (κ1) is 13.2. The van der Waals surface area contributed by atoms with E-state index in [1.54, 1.807) is 24.3 Å². The van der Waals surface area contributed by atoms with E-state index in [0.717, 1.165) is 18.0 Å². The van der Waals surface area contributed by atoms with Gasteiger partial charge in [-0.1, -0.05) is 0 Å². The number of carboxylic acids is 1. The summed E-state index contributed by atoms with van der Waals surface area (Å²) >= 11 is 1.42. The molecule has 0 amide bonds. The predicted molar refractivity (Wildman–Crippen MR) is 69.6 cm³/mol. The van der Waals surface area contributed by atoms with Gasteiger partial charge in [0.05, 0.1) is 0 Å². The quantitative estimate of drug-likeness (QED) is 0.714. The molecule has 0 aromatic heterocycles. The lowest BCUT2D eigenvalue weighted by Crippen LogP contribution is -2.36.